The Morgan fingerprint density at radius 3 is 2.15 bits per heavy atom. The molecule has 0 aliphatic heterocycles. The van der Waals surface area contributed by atoms with Crippen LogP contribution < -0.4 is 9.64 Å². The first-order chi connectivity index (χ1) is 20.0. The number of nitrogens with zero attached hydrogens (tertiary/aromatic N) is 2. The third kappa shape index (κ3) is 8.29. The molecule has 208 valence electrons. The van der Waals surface area contributed by atoms with Crippen molar-refractivity contribution in [2.45, 2.75) is 39.3 Å². The predicted molar refractivity (Wildman–Crippen MR) is 167 cm³/mol. The Bertz CT molecular complexity index is 1530. The molecule has 5 nitrogen and oxygen atoms in total. The van der Waals surface area contributed by atoms with Crippen LogP contribution in [-0.4, -0.2) is 22.6 Å². The highest BCUT2D eigenvalue weighted by Crippen LogP contribution is 2.29. The number of rotatable bonds is 13. The van der Waals surface area contributed by atoms with E-state index in [0.717, 1.165) is 52.8 Å². The van der Waals surface area contributed by atoms with Gasteiger partial charge in [0.2, 0.25) is 0 Å². The minimum Gasteiger partial charge on any atom is -0.489 e. The minimum atomic E-state index is -0.785. The Kier molecular flexibility index (Phi) is 9.45. The van der Waals surface area contributed by atoms with E-state index in [1.807, 2.05) is 42.5 Å². The van der Waals surface area contributed by atoms with E-state index in [2.05, 4.69) is 77.9 Å². The maximum atomic E-state index is 10.8. The second kappa shape index (κ2) is 13.8. The highest BCUT2D eigenvalue weighted by atomic mass is 32.1. The van der Waals surface area contributed by atoms with Gasteiger partial charge in [-0.25, -0.2) is 4.98 Å². The van der Waals surface area contributed by atoms with Crippen molar-refractivity contribution in [2.24, 2.45) is 0 Å². The van der Waals surface area contributed by atoms with Gasteiger partial charge in [-0.1, -0.05) is 96.6 Å². The van der Waals surface area contributed by atoms with Gasteiger partial charge in [0.05, 0.1) is 5.69 Å². The van der Waals surface area contributed by atoms with Crippen LogP contribution in [0.2, 0.25) is 0 Å². The molecule has 5 aromatic rings. The molecule has 1 heterocycles. The Morgan fingerprint density at radius 2 is 1.44 bits per heavy atom. The number of aromatic nitrogens is 1. The average molecular weight is 563 g/mol. The Balaban J connectivity index is 1.23. The van der Waals surface area contributed by atoms with Crippen LogP contribution in [-0.2, 0) is 30.8 Å². The fraction of sp³-hybridized carbons (Fsp3) is 0.200. The first-order valence-electron chi connectivity index (χ1n) is 13.8. The first-order valence-corrected chi connectivity index (χ1v) is 14.7. The summed E-state index contributed by atoms with van der Waals surface area (Å²) in [5.74, 6) is -0.0137. The van der Waals surface area contributed by atoms with Gasteiger partial charge in [0.15, 0.2) is 5.13 Å². The number of carboxylic acid groups (broad SMARTS) is 1. The molecule has 0 bridgehead atoms. The molecular weight excluding hydrogens is 528 g/mol. The van der Waals surface area contributed by atoms with Gasteiger partial charge in [-0.15, -0.1) is 11.3 Å². The maximum Gasteiger partial charge on any atom is 0.303 e. The monoisotopic (exact) mass is 562 g/mol. The van der Waals surface area contributed by atoms with E-state index >= 15 is 0 Å². The zero-order chi connectivity index (χ0) is 28.4. The van der Waals surface area contributed by atoms with Crippen LogP contribution >= 0.6 is 11.3 Å². The SMILES string of the molecule is Cc1ccc(CCN(Cc2ccc(COc3ccc(CCC(=O)O)cc3)cc2)c2nc(-c3ccccc3)cs2)cc1. The molecule has 0 spiro atoms. The molecule has 0 aliphatic rings. The summed E-state index contributed by atoms with van der Waals surface area (Å²) in [5, 5.41) is 12.0. The molecule has 0 unspecified atom stereocenters. The molecule has 0 amide bonds. The Hall–Kier alpha value is -4.42. The zero-order valence-corrected chi connectivity index (χ0v) is 24.0. The molecule has 6 heteroatoms. The van der Waals surface area contributed by atoms with Crippen molar-refractivity contribution >= 4 is 22.4 Å². The van der Waals surface area contributed by atoms with Gasteiger partial charge < -0.3 is 14.7 Å². The minimum absolute atomic E-state index is 0.132. The number of carbonyl (C=O) groups is 1. The van der Waals surface area contributed by atoms with Crippen LogP contribution in [0.3, 0.4) is 0 Å². The van der Waals surface area contributed by atoms with Crippen molar-refractivity contribution in [3.8, 4) is 17.0 Å². The second-order valence-corrected chi connectivity index (χ2v) is 11.0. The largest absolute Gasteiger partial charge is 0.489 e. The lowest BCUT2D eigenvalue weighted by Gasteiger charge is -2.22. The maximum absolute atomic E-state index is 10.8. The van der Waals surface area contributed by atoms with Gasteiger partial charge in [-0.05, 0) is 54.2 Å². The zero-order valence-electron chi connectivity index (χ0n) is 23.2. The molecule has 5 rings (SSSR count). The van der Waals surface area contributed by atoms with Gasteiger partial charge in [0.25, 0.3) is 0 Å². The summed E-state index contributed by atoms with van der Waals surface area (Å²) in [6.45, 7) is 4.23. The highest BCUT2D eigenvalue weighted by molar-refractivity contribution is 7.14. The van der Waals surface area contributed by atoms with Gasteiger partial charge in [-0.3, -0.25) is 4.79 Å². The van der Waals surface area contributed by atoms with E-state index in [1.54, 1.807) is 11.3 Å². The molecule has 0 atom stereocenters. The fourth-order valence-corrected chi connectivity index (χ4v) is 5.41. The molecule has 0 aliphatic carbocycles. The van der Waals surface area contributed by atoms with E-state index in [-0.39, 0.29) is 6.42 Å². The fourth-order valence-electron chi connectivity index (χ4n) is 4.54. The normalized spacial score (nSPS) is 10.9. The number of thiazole rings is 1. The Labute approximate surface area is 245 Å². The summed E-state index contributed by atoms with van der Waals surface area (Å²) in [5.41, 5.74) is 8.04. The number of ether oxygens (including phenoxy) is 1. The molecule has 4 aromatic carbocycles. The molecule has 0 saturated carbocycles. The molecule has 41 heavy (non-hydrogen) atoms. The van der Waals surface area contributed by atoms with Crippen molar-refractivity contribution in [3.05, 3.63) is 136 Å². The van der Waals surface area contributed by atoms with Crippen LogP contribution in [0.1, 0.15) is 34.2 Å². The van der Waals surface area contributed by atoms with Crippen molar-refractivity contribution in [1.82, 2.24) is 4.98 Å². The van der Waals surface area contributed by atoms with E-state index in [0.29, 0.717) is 13.0 Å². The molecule has 1 N–H and O–H groups in total. The quantitative estimate of drug-likeness (QED) is 0.158. The van der Waals surface area contributed by atoms with Gasteiger partial charge in [0.1, 0.15) is 12.4 Å². The number of hydrogen-bond acceptors (Lipinski definition) is 5. The summed E-state index contributed by atoms with van der Waals surface area (Å²) in [6, 6.07) is 35.3. The second-order valence-electron chi connectivity index (χ2n) is 10.2. The number of aliphatic carboxylic acids is 1. The van der Waals surface area contributed by atoms with E-state index in [9.17, 15) is 4.79 Å². The van der Waals surface area contributed by atoms with E-state index in [4.69, 9.17) is 14.8 Å². The van der Waals surface area contributed by atoms with Crippen LogP contribution in [0.4, 0.5) is 5.13 Å². The summed E-state index contributed by atoms with van der Waals surface area (Å²) in [7, 11) is 0. The smallest absolute Gasteiger partial charge is 0.303 e. The lowest BCUT2D eigenvalue weighted by molar-refractivity contribution is -0.136. The molecule has 0 radical (unpaired) electrons. The molecule has 0 fully saturated rings. The van der Waals surface area contributed by atoms with Crippen LogP contribution in [0, 0.1) is 6.92 Å². The van der Waals surface area contributed by atoms with Gasteiger partial charge in [0, 0.05) is 30.5 Å². The van der Waals surface area contributed by atoms with Crippen LogP contribution in [0.25, 0.3) is 11.3 Å². The standard InChI is InChI=1S/C35H34N2O3S/c1-26-7-9-28(10-8-26)21-22-37(35-36-33(25-41-35)31-5-3-2-4-6-31)23-29-11-13-30(14-12-29)24-40-32-18-15-27(16-19-32)17-20-34(38)39/h2-16,18-19,25H,17,20-24H2,1H3,(H,38,39). The summed E-state index contributed by atoms with van der Waals surface area (Å²) < 4.78 is 5.97. The van der Waals surface area contributed by atoms with Crippen molar-refractivity contribution in [1.29, 1.82) is 0 Å². The number of benzene rings is 4. The predicted octanol–water partition coefficient (Wildman–Crippen LogP) is 7.96. The third-order valence-electron chi connectivity index (χ3n) is 6.98. The van der Waals surface area contributed by atoms with Crippen molar-refractivity contribution < 1.29 is 14.6 Å². The highest BCUT2D eigenvalue weighted by Gasteiger charge is 2.14. The van der Waals surface area contributed by atoms with Crippen molar-refractivity contribution in [3.63, 3.8) is 0 Å². The number of hydrogen-bond donors (Lipinski definition) is 1. The van der Waals surface area contributed by atoms with Crippen LogP contribution in [0.15, 0.2) is 109 Å². The number of aryl methyl sites for hydroxylation is 2. The summed E-state index contributed by atoms with van der Waals surface area (Å²) >= 11 is 1.69. The molecule has 0 saturated heterocycles. The average Bonchev–Trinajstić information content (AvgIpc) is 3.50. The van der Waals surface area contributed by atoms with E-state index in [1.165, 1.54) is 16.7 Å². The third-order valence-corrected chi connectivity index (χ3v) is 7.88. The number of carboxylic acids is 1. The lowest BCUT2D eigenvalue weighted by atomic mass is 10.1. The number of anilines is 1. The van der Waals surface area contributed by atoms with Gasteiger partial charge >= 0.3 is 5.97 Å². The topological polar surface area (TPSA) is 62.7 Å². The van der Waals surface area contributed by atoms with Crippen molar-refractivity contribution in [2.75, 3.05) is 11.4 Å². The Morgan fingerprint density at radius 1 is 0.805 bits per heavy atom. The summed E-state index contributed by atoms with van der Waals surface area (Å²) in [4.78, 5) is 18.2. The van der Waals surface area contributed by atoms with Gasteiger partial charge in [-0.2, -0.15) is 0 Å². The molecular formula is C35H34N2O3S. The molecule has 1 aromatic heterocycles. The first kappa shape index (κ1) is 28.1. The summed E-state index contributed by atoms with van der Waals surface area (Å²) in [6.07, 6.45) is 1.60. The lowest BCUT2D eigenvalue weighted by Crippen LogP contribution is -2.25. The van der Waals surface area contributed by atoms with E-state index < -0.39 is 5.97 Å². The van der Waals surface area contributed by atoms with Crippen LogP contribution in [0.5, 0.6) is 5.75 Å².